The molecule has 0 spiro atoms. The first-order valence-corrected chi connectivity index (χ1v) is 7.34. The molecule has 3 nitrogen and oxygen atoms in total. The summed E-state index contributed by atoms with van der Waals surface area (Å²) < 4.78 is 2.28. The molecule has 1 fully saturated rings. The molecule has 1 aliphatic carbocycles. The minimum atomic E-state index is 0.513. The summed E-state index contributed by atoms with van der Waals surface area (Å²) in [6.45, 7) is 4.45. The Kier molecular flexibility index (Phi) is 4.16. The van der Waals surface area contributed by atoms with Gasteiger partial charge in [0.25, 0.3) is 0 Å². The van der Waals surface area contributed by atoms with Crippen molar-refractivity contribution in [3.63, 3.8) is 0 Å². The van der Waals surface area contributed by atoms with E-state index in [4.69, 9.17) is 0 Å². The molecule has 1 aliphatic rings. The van der Waals surface area contributed by atoms with Crippen LogP contribution in [0.15, 0.2) is 12.4 Å². The molecule has 0 amide bonds. The lowest BCUT2D eigenvalue weighted by molar-refractivity contribution is 0.705. The Balaban J connectivity index is 1.80. The van der Waals surface area contributed by atoms with Crippen molar-refractivity contribution < 1.29 is 0 Å². The molecule has 4 heteroatoms. The minimum absolute atomic E-state index is 0.513. The Morgan fingerprint density at radius 2 is 2.44 bits per heavy atom. The number of rotatable bonds is 7. The Morgan fingerprint density at radius 1 is 1.62 bits per heavy atom. The SMILES string of the molecule is CCSCCC(C)Nc1nccn1C1CC1. The zero-order valence-corrected chi connectivity index (χ0v) is 11.0. The van der Waals surface area contributed by atoms with Crippen molar-refractivity contribution in [3.05, 3.63) is 12.4 Å². The second-order valence-electron chi connectivity index (χ2n) is 4.42. The summed E-state index contributed by atoms with van der Waals surface area (Å²) in [4.78, 5) is 4.39. The summed E-state index contributed by atoms with van der Waals surface area (Å²) in [5.74, 6) is 3.49. The van der Waals surface area contributed by atoms with E-state index in [0.29, 0.717) is 12.1 Å². The van der Waals surface area contributed by atoms with Crippen LogP contribution in [0.3, 0.4) is 0 Å². The second kappa shape index (κ2) is 5.62. The third kappa shape index (κ3) is 3.17. The van der Waals surface area contributed by atoms with E-state index in [0.717, 1.165) is 5.95 Å². The fourth-order valence-corrected chi connectivity index (χ4v) is 2.58. The summed E-state index contributed by atoms with van der Waals surface area (Å²) in [6, 6.07) is 1.22. The van der Waals surface area contributed by atoms with E-state index in [2.05, 4.69) is 34.9 Å². The number of aromatic nitrogens is 2. The number of imidazole rings is 1. The Bertz CT molecular complexity index is 320. The van der Waals surface area contributed by atoms with Crippen LogP contribution in [-0.4, -0.2) is 27.1 Å². The largest absolute Gasteiger partial charge is 0.353 e. The van der Waals surface area contributed by atoms with Gasteiger partial charge in [0.1, 0.15) is 0 Å². The van der Waals surface area contributed by atoms with Gasteiger partial charge in [-0.1, -0.05) is 6.92 Å². The van der Waals surface area contributed by atoms with Crippen LogP contribution < -0.4 is 5.32 Å². The number of nitrogens with zero attached hydrogens (tertiary/aromatic N) is 2. The molecule has 90 valence electrons. The van der Waals surface area contributed by atoms with Crippen LogP contribution in [0.1, 0.15) is 39.2 Å². The average Bonchev–Trinajstić information content (AvgIpc) is 3.01. The molecule has 1 saturated carbocycles. The molecule has 0 radical (unpaired) electrons. The van der Waals surface area contributed by atoms with E-state index < -0.39 is 0 Å². The molecule has 1 aromatic rings. The lowest BCUT2D eigenvalue weighted by Crippen LogP contribution is -2.19. The normalized spacial score (nSPS) is 17.4. The molecular formula is C12H21N3S. The number of hydrogen-bond acceptors (Lipinski definition) is 3. The van der Waals surface area contributed by atoms with Crippen LogP contribution in [0, 0.1) is 0 Å². The molecule has 1 aromatic heterocycles. The van der Waals surface area contributed by atoms with Crippen LogP contribution >= 0.6 is 11.8 Å². The standard InChI is InChI=1S/C12H21N3S/c1-3-16-9-6-10(2)14-12-13-7-8-15(12)11-4-5-11/h7-8,10-11H,3-6,9H2,1-2H3,(H,13,14). The number of anilines is 1. The van der Waals surface area contributed by atoms with Gasteiger partial charge in [0.15, 0.2) is 0 Å². The summed E-state index contributed by atoms with van der Waals surface area (Å²) in [6.07, 6.45) is 7.81. The predicted molar refractivity (Wildman–Crippen MR) is 71.2 cm³/mol. The van der Waals surface area contributed by atoms with Crippen molar-refractivity contribution in [1.82, 2.24) is 9.55 Å². The van der Waals surface area contributed by atoms with Crippen LogP contribution in [0.2, 0.25) is 0 Å². The molecular weight excluding hydrogens is 218 g/mol. The van der Waals surface area contributed by atoms with Gasteiger partial charge < -0.3 is 9.88 Å². The maximum Gasteiger partial charge on any atom is 0.203 e. The van der Waals surface area contributed by atoms with E-state index in [1.54, 1.807) is 0 Å². The molecule has 2 rings (SSSR count). The van der Waals surface area contributed by atoms with Crippen LogP contribution in [0.4, 0.5) is 5.95 Å². The van der Waals surface area contributed by atoms with Gasteiger partial charge in [0.05, 0.1) is 0 Å². The topological polar surface area (TPSA) is 29.9 Å². The zero-order valence-electron chi connectivity index (χ0n) is 10.1. The summed E-state index contributed by atoms with van der Waals surface area (Å²) in [5, 5.41) is 3.51. The van der Waals surface area contributed by atoms with Gasteiger partial charge in [0.2, 0.25) is 5.95 Å². The molecule has 0 saturated heterocycles. The summed E-state index contributed by atoms with van der Waals surface area (Å²) in [5.41, 5.74) is 0. The van der Waals surface area contributed by atoms with E-state index in [9.17, 15) is 0 Å². The number of nitrogens with one attached hydrogen (secondary N) is 1. The highest BCUT2D eigenvalue weighted by Gasteiger charge is 2.25. The molecule has 16 heavy (non-hydrogen) atoms. The quantitative estimate of drug-likeness (QED) is 0.741. The summed E-state index contributed by atoms with van der Waals surface area (Å²) >= 11 is 2.00. The highest BCUT2D eigenvalue weighted by atomic mass is 32.2. The van der Waals surface area contributed by atoms with Crippen molar-refractivity contribution in [3.8, 4) is 0 Å². The molecule has 0 aliphatic heterocycles. The average molecular weight is 239 g/mol. The number of thioether (sulfide) groups is 1. The first kappa shape index (κ1) is 11.8. The third-order valence-electron chi connectivity index (χ3n) is 2.88. The van der Waals surface area contributed by atoms with Crippen LogP contribution in [0.5, 0.6) is 0 Å². The Morgan fingerprint density at radius 3 is 3.12 bits per heavy atom. The van der Waals surface area contributed by atoms with E-state index >= 15 is 0 Å². The van der Waals surface area contributed by atoms with Crippen molar-refractivity contribution in [2.24, 2.45) is 0 Å². The third-order valence-corrected chi connectivity index (χ3v) is 3.82. The van der Waals surface area contributed by atoms with Gasteiger partial charge >= 0.3 is 0 Å². The minimum Gasteiger partial charge on any atom is -0.353 e. The lowest BCUT2D eigenvalue weighted by Gasteiger charge is -2.15. The van der Waals surface area contributed by atoms with Crippen molar-refractivity contribution in [1.29, 1.82) is 0 Å². The first-order valence-electron chi connectivity index (χ1n) is 6.18. The fraction of sp³-hybridized carbons (Fsp3) is 0.750. The van der Waals surface area contributed by atoms with Gasteiger partial charge in [-0.3, -0.25) is 0 Å². The van der Waals surface area contributed by atoms with Crippen molar-refractivity contribution >= 4 is 17.7 Å². The number of hydrogen-bond donors (Lipinski definition) is 1. The molecule has 1 N–H and O–H groups in total. The van der Waals surface area contributed by atoms with E-state index in [1.807, 2.05) is 18.0 Å². The van der Waals surface area contributed by atoms with Gasteiger partial charge in [-0.15, -0.1) is 0 Å². The van der Waals surface area contributed by atoms with E-state index in [1.165, 1.54) is 30.8 Å². The maximum absolute atomic E-state index is 4.39. The zero-order chi connectivity index (χ0) is 11.4. The van der Waals surface area contributed by atoms with Crippen LogP contribution in [-0.2, 0) is 0 Å². The Labute approximate surface area is 102 Å². The molecule has 0 aromatic carbocycles. The fourth-order valence-electron chi connectivity index (χ4n) is 1.77. The molecule has 1 atom stereocenters. The lowest BCUT2D eigenvalue weighted by atomic mass is 10.3. The molecule has 0 bridgehead atoms. The molecule has 1 unspecified atom stereocenters. The highest BCUT2D eigenvalue weighted by Crippen LogP contribution is 2.36. The monoisotopic (exact) mass is 239 g/mol. The summed E-state index contributed by atoms with van der Waals surface area (Å²) in [7, 11) is 0. The van der Waals surface area contributed by atoms with E-state index in [-0.39, 0.29) is 0 Å². The van der Waals surface area contributed by atoms with Gasteiger partial charge in [0, 0.05) is 24.5 Å². The maximum atomic E-state index is 4.39. The first-order chi connectivity index (χ1) is 7.81. The highest BCUT2D eigenvalue weighted by molar-refractivity contribution is 7.99. The van der Waals surface area contributed by atoms with Gasteiger partial charge in [-0.2, -0.15) is 11.8 Å². The van der Waals surface area contributed by atoms with Gasteiger partial charge in [-0.05, 0) is 37.7 Å². The molecule has 1 heterocycles. The second-order valence-corrected chi connectivity index (χ2v) is 5.81. The van der Waals surface area contributed by atoms with Crippen molar-refractivity contribution in [2.45, 2.75) is 45.2 Å². The van der Waals surface area contributed by atoms with Gasteiger partial charge in [-0.25, -0.2) is 4.98 Å². The Hall–Kier alpha value is -0.640. The predicted octanol–water partition coefficient (Wildman–Crippen LogP) is 3.16. The smallest absolute Gasteiger partial charge is 0.203 e. The van der Waals surface area contributed by atoms with Crippen molar-refractivity contribution in [2.75, 3.05) is 16.8 Å². The van der Waals surface area contributed by atoms with Crippen LogP contribution in [0.25, 0.3) is 0 Å².